The highest BCUT2D eigenvalue weighted by Gasteiger charge is 2.39. The van der Waals surface area contributed by atoms with Crippen LogP contribution in [0.5, 0.6) is 0 Å². The zero-order valence-electron chi connectivity index (χ0n) is 13.1. The predicted molar refractivity (Wildman–Crippen MR) is 92.5 cm³/mol. The zero-order valence-corrected chi connectivity index (χ0v) is 15.5. The molecule has 0 aliphatic carbocycles. The number of hydrogen-bond donors (Lipinski definition) is 1. The molecule has 5 heteroatoms. The number of piperidine rings is 1. The molecule has 1 saturated heterocycles. The van der Waals surface area contributed by atoms with Crippen LogP contribution in [0.3, 0.4) is 0 Å². The summed E-state index contributed by atoms with van der Waals surface area (Å²) in [4.78, 5) is 16.2. The Kier molecular flexibility index (Phi) is 5.86. The summed E-state index contributed by atoms with van der Waals surface area (Å²) in [6.45, 7) is 9.81. The summed E-state index contributed by atoms with van der Waals surface area (Å²) in [5.41, 5.74) is -0.294. The Morgan fingerprint density at radius 2 is 2.29 bits per heavy atom. The minimum atomic E-state index is -0.294. The average Bonchev–Trinajstić information content (AvgIpc) is 2.90. The first-order valence-corrected chi connectivity index (χ1v) is 9.30. The maximum absolute atomic E-state index is 13.0. The highest BCUT2D eigenvalue weighted by molar-refractivity contribution is 9.11. The van der Waals surface area contributed by atoms with E-state index in [0.717, 1.165) is 36.4 Å². The molecule has 1 N–H and O–H groups in total. The molecule has 0 radical (unpaired) electrons. The largest absolute Gasteiger partial charge is 0.337 e. The number of halogens is 1. The van der Waals surface area contributed by atoms with Crippen LogP contribution in [0.15, 0.2) is 15.9 Å². The lowest BCUT2D eigenvalue weighted by Crippen LogP contribution is -2.48. The van der Waals surface area contributed by atoms with Gasteiger partial charge in [0.2, 0.25) is 5.91 Å². The summed E-state index contributed by atoms with van der Waals surface area (Å²) < 4.78 is 1.12. The Morgan fingerprint density at radius 1 is 1.52 bits per heavy atom. The first-order chi connectivity index (χ1) is 9.95. The Morgan fingerprint density at radius 3 is 2.81 bits per heavy atom. The first kappa shape index (κ1) is 17.0. The van der Waals surface area contributed by atoms with Crippen LogP contribution in [0.2, 0.25) is 0 Å². The Balaban J connectivity index is 2.07. The second-order valence-corrected chi connectivity index (χ2v) is 8.84. The molecule has 1 aromatic rings. The quantitative estimate of drug-likeness (QED) is 0.850. The van der Waals surface area contributed by atoms with Crippen LogP contribution in [0.4, 0.5) is 0 Å². The lowest BCUT2D eigenvalue weighted by atomic mass is 9.74. The van der Waals surface area contributed by atoms with E-state index in [-0.39, 0.29) is 11.3 Å². The summed E-state index contributed by atoms with van der Waals surface area (Å²) in [7, 11) is 0. The number of nitrogens with zero attached hydrogens (tertiary/aromatic N) is 1. The molecule has 1 fully saturated rings. The van der Waals surface area contributed by atoms with Gasteiger partial charge >= 0.3 is 0 Å². The molecule has 1 aliphatic heterocycles. The predicted octanol–water partition coefficient (Wildman–Crippen LogP) is 3.88. The molecular formula is C16H25BrN2OS. The van der Waals surface area contributed by atoms with Gasteiger partial charge in [-0.2, -0.15) is 0 Å². The summed E-state index contributed by atoms with van der Waals surface area (Å²) in [5, 5.41) is 3.43. The topological polar surface area (TPSA) is 32.3 Å². The molecule has 3 nitrogen and oxygen atoms in total. The molecule has 1 unspecified atom stereocenters. The Bertz CT molecular complexity index is 480. The van der Waals surface area contributed by atoms with Gasteiger partial charge in [0, 0.05) is 16.8 Å². The van der Waals surface area contributed by atoms with E-state index < -0.39 is 0 Å². The van der Waals surface area contributed by atoms with Crippen LogP contribution in [-0.4, -0.2) is 30.4 Å². The van der Waals surface area contributed by atoms with E-state index in [0.29, 0.717) is 5.92 Å². The van der Waals surface area contributed by atoms with E-state index in [2.05, 4.69) is 54.2 Å². The molecule has 21 heavy (non-hydrogen) atoms. The first-order valence-electron chi connectivity index (χ1n) is 7.69. The van der Waals surface area contributed by atoms with Crippen molar-refractivity contribution in [2.45, 2.75) is 40.2 Å². The number of carbonyl (C=O) groups excluding carboxylic acids is 1. The Hall–Kier alpha value is -0.390. The molecule has 1 atom stereocenters. The van der Waals surface area contributed by atoms with Crippen molar-refractivity contribution in [2.75, 3.05) is 19.6 Å². The van der Waals surface area contributed by atoms with Gasteiger partial charge in [-0.05, 0) is 66.8 Å². The number of amides is 1. The van der Waals surface area contributed by atoms with Crippen molar-refractivity contribution < 1.29 is 4.79 Å². The number of thiophene rings is 1. The van der Waals surface area contributed by atoms with Crippen molar-refractivity contribution in [1.82, 2.24) is 10.2 Å². The highest BCUT2D eigenvalue weighted by Crippen LogP contribution is 2.34. The maximum atomic E-state index is 13.0. The molecule has 0 aromatic carbocycles. The third-order valence-electron chi connectivity index (χ3n) is 4.51. The highest BCUT2D eigenvalue weighted by atomic mass is 79.9. The van der Waals surface area contributed by atoms with E-state index in [4.69, 9.17) is 0 Å². The van der Waals surface area contributed by atoms with E-state index in [1.165, 1.54) is 11.3 Å². The number of hydrogen-bond acceptors (Lipinski definition) is 3. The fourth-order valence-corrected chi connectivity index (χ4v) is 4.50. The molecule has 1 aliphatic rings. The Labute approximate surface area is 140 Å². The number of carbonyl (C=O) groups is 1. The number of rotatable bonds is 5. The van der Waals surface area contributed by atoms with Crippen molar-refractivity contribution in [3.05, 3.63) is 20.8 Å². The van der Waals surface area contributed by atoms with Crippen molar-refractivity contribution >= 4 is 33.2 Å². The summed E-state index contributed by atoms with van der Waals surface area (Å²) in [5.74, 6) is 0.714. The van der Waals surface area contributed by atoms with Crippen LogP contribution >= 0.6 is 27.3 Å². The van der Waals surface area contributed by atoms with Crippen molar-refractivity contribution in [3.8, 4) is 0 Å². The van der Waals surface area contributed by atoms with Gasteiger partial charge in [0.05, 0.1) is 10.3 Å². The van der Waals surface area contributed by atoms with Crippen LogP contribution in [0.1, 0.15) is 38.5 Å². The van der Waals surface area contributed by atoms with Crippen molar-refractivity contribution in [3.63, 3.8) is 0 Å². The molecule has 2 rings (SSSR count). The fraction of sp³-hybridized carbons (Fsp3) is 0.688. The van der Waals surface area contributed by atoms with Gasteiger partial charge < -0.3 is 10.2 Å². The fourth-order valence-electron chi connectivity index (χ4n) is 3.00. The monoisotopic (exact) mass is 372 g/mol. The lowest BCUT2D eigenvalue weighted by molar-refractivity contribution is -0.144. The maximum Gasteiger partial charge on any atom is 0.228 e. The van der Waals surface area contributed by atoms with Gasteiger partial charge in [-0.25, -0.2) is 0 Å². The molecule has 1 aromatic heterocycles. The molecular weight excluding hydrogens is 348 g/mol. The summed E-state index contributed by atoms with van der Waals surface area (Å²) in [6, 6.07) is 4.15. The van der Waals surface area contributed by atoms with Gasteiger partial charge in [-0.1, -0.05) is 13.8 Å². The van der Waals surface area contributed by atoms with Gasteiger partial charge in [0.25, 0.3) is 0 Å². The van der Waals surface area contributed by atoms with Gasteiger partial charge in [-0.15, -0.1) is 11.3 Å². The second kappa shape index (κ2) is 7.25. The molecule has 0 bridgehead atoms. The molecule has 118 valence electrons. The molecule has 0 saturated carbocycles. The van der Waals surface area contributed by atoms with Gasteiger partial charge in [-0.3, -0.25) is 4.79 Å². The van der Waals surface area contributed by atoms with Crippen LogP contribution in [-0.2, 0) is 11.3 Å². The SMILES string of the molecule is CCN(Cc1ccc(Br)s1)C(=O)C(C)(C)C1CCCNC1. The third-order valence-corrected chi connectivity index (χ3v) is 6.12. The molecule has 1 amide bonds. The smallest absolute Gasteiger partial charge is 0.228 e. The van der Waals surface area contributed by atoms with Crippen LogP contribution < -0.4 is 5.32 Å². The molecule has 2 heterocycles. The average molecular weight is 373 g/mol. The molecule has 0 spiro atoms. The third kappa shape index (κ3) is 4.08. The second-order valence-electron chi connectivity index (χ2n) is 6.29. The van der Waals surface area contributed by atoms with E-state index in [1.54, 1.807) is 11.3 Å². The van der Waals surface area contributed by atoms with E-state index >= 15 is 0 Å². The standard InChI is InChI=1S/C16H25BrN2OS/c1-4-19(11-13-7-8-14(17)21-13)15(20)16(2,3)12-6-5-9-18-10-12/h7-8,12,18H,4-6,9-11H2,1-3H3. The van der Waals surface area contributed by atoms with Crippen LogP contribution in [0.25, 0.3) is 0 Å². The van der Waals surface area contributed by atoms with E-state index in [9.17, 15) is 4.79 Å². The van der Waals surface area contributed by atoms with Gasteiger partial charge in [0.1, 0.15) is 0 Å². The summed E-state index contributed by atoms with van der Waals surface area (Å²) >= 11 is 5.20. The number of nitrogens with one attached hydrogen (secondary N) is 1. The minimum Gasteiger partial charge on any atom is -0.337 e. The van der Waals surface area contributed by atoms with Gasteiger partial charge in [0.15, 0.2) is 0 Å². The minimum absolute atomic E-state index is 0.281. The summed E-state index contributed by atoms with van der Waals surface area (Å²) in [6.07, 6.45) is 2.32. The zero-order chi connectivity index (χ0) is 15.5. The van der Waals surface area contributed by atoms with Crippen molar-refractivity contribution in [1.29, 1.82) is 0 Å². The normalized spacial score (nSPS) is 19.5. The van der Waals surface area contributed by atoms with Crippen molar-refractivity contribution in [2.24, 2.45) is 11.3 Å². The lowest BCUT2D eigenvalue weighted by Gasteiger charge is -2.39. The van der Waals surface area contributed by atoms with E-state index in [1.807, 2.05) is 4.90 Å². The van der Waals surface area contributed by atoms with Crippen LogP contribution in [0, 0.1) is 11.3 Å².